The second kappa shape index (κ2) is 4.81. The van der Waals surface area contributed by atoms with Gasteiger partial charge in [-0.15, -0.1) is 0 Å². The van der Waals surface area contributed by atoms with Crippen LogP contribution in [0.3, 0.4) is 0 Å². The molecule has 5 rings (SSSR count). The average Bonchev–Trinajstić information content (AvgIpc) is 2.60. The third-order valence-corrected chi connectivity index (χ3v) is 4.82. The second-order valence-electron chi connectivity index (χ2n) is 6.67. The number of pyridine rings is 1. The number of rotatable bonds is 1. The highest BCUT2D eigenvalue weighted by Crippen LogP contribution is 2.46. The maximum Gasteiger partial charge on any atom is 0.154 e. The van der Waals surface area contributed by atoms with Gasteiger partial charge in [-0.25, -0.2) is 4.98 Å². The molecule has 0 bridgehead atoms. The first-order valence-corrected chi connectivity index (χ1v) is 8.36. The molecule has 1 aliphatic rings. The molecule has 116 valence electrons. The van der Waals surface area contributed by atoms with E-state index in [0.29, 0.717) is 5.92 Å². The van der Waals surface area contributed by atoms with E-state index < -0.39 is 0 Å². The van der Waals surface area contributed by atoms with Gasteiger partial charge in [-0.1, -0.05) is 56.3 Å². The highest BCUT2D eigenvalue weighted by atomic mass is 16.5. The van der Waals surface area contributed by atoms with Crippen LogP contribution in [0.15, 0.2) is 60.7 Å². The van der Waals surface area contributed by atoms with Gasteiger partial charge in [0.2, 0.25) is 0 Å². The highest BCUT2D eigenvalue weighted by molar-refractivity contribution is 6.04. The summed E-state index contributed by atoms with van der Waals surface area (Å²) in [5.41, 5.74) is 4.43. The largest absolute Gasteiger partial charge is 0.454 e. The molecule has 3 aromatic carbocycles. The Bertz CT molecular complexity index is 1110. The van der Waals surface area contributed by atoms with E-state index in [0.717, 1.165) is 33.7 Å². The molecule has 0 atom stereocenters. The molecule has 0 saturated carbocycles. The minimum Gasteiger partial charge on any atom is -0.454 e. The Morgan fingerprint density at radius 1 is 0.875 bits per heavy atom. The molecule has 0 unspecified atom stereocenters. The lowest BCUT2D eigenvalue weighted by atomic mass is 9.95. The standard InChI is InChI=1S/C22H17NO/c1-13(2)15-8-5-10-18-17(15)12-20-22(23-18)16-9-3-6-14-7-4-11-19(24-20)21(14)16/h3-13H,1-2H3. The molecule has 0 spiro atoms. The second-order valence-corrected chi connectivity index (χ2v) is 6.67. The molecule has 2 nitrogen and oxygen atoms in total. The smallest absolute Gasteiger partial charge is 0.154 e. The normalized spacial score (nSPS) is 12.5. The number of hydrogen-bond donors (Lipinski definition) is 0. The van der Waals surface area contributed by atoms with Crippen molar-refractivity contribution in [3.8, 4) is 22.8 Å². The van der Waals surface area contributed by atoms with E-state index in [4.69, 9.17) is 9.72 Å². The van der Waals surface area contributed by atoms with Crippen molar-refractivity contribution in [1.29, 1.82) is 0 Å². The highest BCUT2D eigenvalue weighted by Gasteiger charge is 2.22. The summed E-state index contributed by atoms with van der Waals surface area (Å²) in [5, 5.41) is 3.52. The van der Waals surface area contributed by atoms with E-state index in [1.807, 2.05) is 12.1 Å². The van der Waals surface area contributed by atoms with Crippen molar-refractivity contribution in [2.75, 3.05) is 0 Å². The fourth-order valence-corrected chi connectivity index (χ4v) is 3.68. The van der Waals surface area contributed by atoms with Gasteiger partial charge in [0.15, 0.2) is 5.75 Å². The van der Waals surface area contributed by atoms with Crippen molar-refractivity contribution in [3.63, 3.8) is 0 Å². The molecule has 0 amide bonds. The van der Waals surface area contributed by atoms with E-state index >= 15 is 0 Å². The molecule has 1 aromatic heterocycles. The maximum atomic E-state index is 6.23. The van der Waals surface area contributed by atoms with Crippen molar-refractivity contribution in [3.05, 3.63) is 66.2 Å². The minimum atomic E-state index is 0.452. The van der Waals surface area contributed by atoms with Gasteiger partial charge in [0.1, 0.15) is 11.4 Å². The van der Waals surface area contributed by atoms with Gasteiger partial charge in [0.05, 0.1) is 5.52 Å². The minimum absolute atomic E-state index is 0.452. The van der Waals surface area contributed by atoms with Crippen LogP contribution in [0.5, 0.6) is 11.5 Å². The molecule has 4 aromatic rings. The van der Waals surface area contributed by atoms with E-state index in [2.05, 4.69) is 62.4 Å². The predicted molar refractivity (Wildman–Crippen MR) is 98.8 cm³/mol. The van der Waals surface area contributed by atoms with Crippen LogP contribution < -0.4 is 4.74 Å². The molecule has 2 heterocycles. The molecule has 2 heteroatoms. The molecule has 0 N–H and O–H groups in total. The van der Waals surface area contributed by atoms with E-state index in [-0.39, 0.29) is 0 Å². The van der Waals surface area contributed by atoms with Gasteiger partial charge in [-0.2, -0.15) is 0 Å². The summed E-state index contributed by atoms with van der Waals surface area (Å²) in [6.07, 6.45) is 0. The average molecular weight is 311 g/mol. The quantitative estimate of drug-likeness (QED) is 0.363. The number of ether oxygens (including phenoxy) is 1. The number of hydrogen-bond acceptors (Lipinski definition) is 2. The summed E-state index contributed by atoms with van der Waals surface area (Å²) in [7, 11) is 0. The lowest BCUT2D eigenvalue weighted by molar-refractivity contribution is 0.485. The van der Waals surface area contributed by atoms with Crippen LogP contribution in [-0.2, 0) is 0 Å². The Kier molecular flexibility index (Phi) is 2.72. The third kappa shape index (κ3) is 1.80. The summed E-state index contributed by atoms with van der Waals surface area (Å²) in [6.45, 7) is 4.43. The number of aromatic nitrogens is 1. The molecule has 0 saturated heterocycles. The molecular weight excluding hydrogens is 294 g/mol. The van der Waals surface area contributed by atoms with Crippen molar-refractivity contribution in [2.24, 2.45) is 0 Å². The first-order valence-electron chi connectivity index (χ1n) is 8.36. The van der Waals surface area contributed by atoms with E-state index in [9.17, 15) is 0 Å². The Labute approximate surface area is 140 Å². The summed E-state index contributed by atoms with van der Waals surface area (Å²) < 4.78 is 6.23. The SMILES string of the molecule is CC(C)c1cccc2nc3c(cc12)Oc1cccc2cccc-3c12. The fourth-order valence-electron chi connectivity index (χ4n) is 3.68. The van der Waals surface area contributed by atoms with Crippen molar-refractivity contribution in [1.82, 2.24) is 4.98 Å². The first kappa shape index (κ1) is 13.6. The number of nitrogens with zero attached hydrogens (tertiary/aromatic N) is 1. The lowest BCUT2D eigenvalue weighted by Gasteiger charge is -2.21. The molecule has 0 fully saturated rings. The van der Waals surface area contributed by atoms with Crippen LogP contribution in [0.4, 0.5) is 0 Å². The van der Waals surface area contributed by atoms with Crippen LogP contribution in [0.25, 0.3) is 32.9 Å². The predicted octanol–water partition coefficient (Wildman–Crippen LogP) is 6.28. The summed E-state index contributed by atoms with van der Waals surface area (Å²) in [6, 6.07) is 21.1. The zero-order valence-electron chi connectivity index (χ0n) is 13.7. The number of benzene rings is 3. The van der Waals surface area contributed by atoms with E-state index in [1.165, 1.54) is 16.3 Å². The van der Waals surface area contributed by atoms with Gasteiger partial charge in [-0.3, -0.25) is 0 Å². The van der Waals surface area contributed by atoms with Crippen molar-refractivity contribution < 1.29 is 4.74 Å². The zero-order valence-corrected chi connectivity index (χ0v) is 13.7. The van der Waals surface area contributed by atoms with Gasteiger partial charge in [-0.05, 0) is 35.1 Å². The summed E-state index contributed by atoms with van der Waals surface area (Å²) in [4.78, 5) is 4.96. The van der Waals surface area contributed by atoms with Crippen LogP contribution in [0.1, 0.15) is 25.3 Å². The zero-order chi connectivity index (χ0) is 16.3. The molecule has 1 aliphatic heterocycles. The van der Waals surface area contributed by atoms with Crippen LogP contribution in [-0.4, -0.2) is 4.98 Å². The Morgan fingerprint density at radius 2 is 1.67 bits per heavy atom. The molecular formula is C22H17NO. The van der Waals surface area contributed by atoms with Gasteiger partial charge >= 0.3 is 0 Å². The van der Waals surface area contributed by atoms with Crippen LogP contribution >= 0.6 is 0 Å². The topological polar surface area (TPSA) is 22.1 Å². The lowest BCUT2D eigenvalue weighted by Crippen LogP contribution is -2.00. The molecule has 0 aliphatic carbocycles. The van der Waals surface area contributed by atoms with E-state index in [1.54, 1.807) is 0 Å². The molecule has 0 radical (unpaired) electrons. The Balaban J connectivity index is 1.88. The monoisotopic (exact) mass is 311 g/mol. The van der Waals surface area contributed by atoms with Crippen molar-refractivity contribution >= 4 is 21.7 Å². The van der Waals surface area contributed by atoms with Gasteiger partial charge in [0, 0.05) is 16.3 Å². The third-order valence-electron chi connectivity index (χ3n) is 4.82. The Morgan fingerprint density at radius 3 is 2.50 bits per heavy atom. The van der Waals surface area contributed by atoms with Gasteiger partial charge < -0.3 is 4.74 Å². The summed E-state index contributed by atoms with van der Waals surface area (Å²) in [5.74, 6) is 2.22. The van der Waals surface area contributed by atoms with Gasteiger partial charge in [0.25, 0.3) is 0 Å². The fraction of sp³-hybridized carbons (Fsp3) is 0.136. The molecule has 24 heavy (non-hydrogen) atoms. The van der Waals surface area contributed by atoms with Crippen molar-refractivity contribution in [2.45, 2.75) is 19.8 Å². The number of fused-ring (bicyclic) bond motifs is 3. The summed E-state index contributed by atoms with van der Waals surface area (Å²) >= 11 is 0. The first-order chi connectivity index (χ1) is 11.7. The Hall–Kier alpha value is -2.87. The van der Waals surface area contributed by atoms with Crippen LogP contribution in [0, 0.1) is 0 Å². The maximum absolute atomic E-state index is 6.23. The van der Waals surface area contributed by atoms with Crippen LogP contribution in [0.2, 0.25) is 0 Å².